The summed E-state index contributed by atoms with van der Waals surface area (Å²) in [5, 5.41) is 11.9. The first-order valence-electron chi connectivity index (χ1n) is 6.10. The lowest BCUT2D eigenvalue weighted by Gasteiger charge is -2.02. The number of carbonyl (C=O) groups excluding carboxylic acids is 1. The van der Waals surface area contributed by atoms with Crippen LogP contribution in [0.1, 0.15) is 18.2 Å². The summed E-state index contributed by atoms with van der Waals surface area (Å²) in [5.74, 6) is -0.112. The number of rotatable bonds is 3. The van der Waals surface area contributed by atoms with Crippen molar-refractivity contribution >= 4 is 23.2 Å². The summed E-state index contributed by atoms with van der Waals surface area (Å²) in [6.07, 6.45) is 3.42. The SMILES string of the molecule is CC(=O)Nc1ccc(C=C(C#N)c2ccccn2)cc1. The minimum absolute atomic E-state index is 0.112. The molecule has 1 aromatic heterocycles. The molecule has 1 amide bonds. The number of anilines is 1. The Hall–Kier alpha value is -2.93. The van der Waals surface area contributed by atoms with Gasteiger partial charge in [-0.3, -0.25) is 9.78 Å². The number of hydrogen-bond donors (Lipinski definition) is 1. The second kappa shape index (κ2) is 6.30. The van der Waals surface area contributed by atoms with E-state index < -0.39 is 0 Å². The summed E-state index contributed by atoms with van der Waals surface area (Å²) in [6, 6.07) is 14.8. The molecule has 4 heteroatoms. The van der Waals surface area contributed by atoms with Gasteiger partial charge in [0.1, 0.15) is 6.07 Å². The zero-order valence-corrected chi connectivity index (χ0v) is 11.0. The summed E-state index contributed by atoms with van der Waals surface area (Å²) < 4.78 is 0. The monoisotopic (exact) mass is 263 g/mol. The van der Waals surface area contributed by atoms with Gasteiger partial charge in [-0.1, -0.05) is 18.2 Å². The molecule has 0 saturated carbocycles. The molecule has 0 fully saturated rings. The number of nitriles is 1. The smallest absolute Gasteiger partial charge is 0.221 e. The molecule has 0 radical (unpaired) electrons. The molecule has 98 valence electrons. The lowest BCUT2D eigenvalue weighted by molar-refractivity contribution is -0.114. The summed E-state index contributed by atoms with van der Waals surface area (Å²) in [5.41, 5.74) is 2.74. The van der Waals surface area contributed by atoms with Gasteiger partial charge in [0.2, 0.25) is 5.91 Å². The van der Waals surface area contributed by atoms with Crippen molar-refractivity contribution < 1.29 is 4.79 Å². The minimum Gasteiger partial charge on any atom is -0.326 e. The fraction of sp³-hybridized carbons (Fsp3) is 0.0625. The Kier molecular flexibility index (Phi) is 4.25. The van der Waals surface area contributed by atoms with E-state index in [0.29, 0.717) is 11.3 Å². The zero-order valence-electron chi connectivity index (χ0n) is 11.0. The highest BCUT2D eigenvalue weighted by Crippen LogP contribution is 2.17. The fourth-order valence-corrected chi connectivity index (χ4v) is 1.72. The van der Waals surface area contributed by atoms with Gasteiger partial charge in [0, 0.05) is 18.8 Å². The molecule has 2 aromatic rings. The number of amides is 1. The van der Waals surface area contributed by atoms with Crippen molar-refractivity contribution in [1.82, 2.24) is 4.98 Å². The number of pyridine rings is 1. The molecule has 1 N–H and O–H groups in total. The van der Waals surface area contributed by atoms with Gasteiger partial charge in [-0.2, -0.15) is 5.26 Å². The molecule has 0 spiro atoms. The van der Waals surface area contributed by atoms with Crippen LogP contribution in [0.3, 0.4) is 0 Å². The second-order valence-corrected chi connectivity index (χ2v) is 4.19. The molecule has 0 saturated heterocycles. The maximum atomic E-state index is 10.9. The Bertz CT molecular complexity index is 667. The summed E-state index contributed by atoms with van der Waals surface area (Å²) in [7, 11) is 0. The first kappa shape index (κ1) is 13.5. The zero-order chi connectivity index (χ0) is 14.4. The first-order chi connectivity index (χ1) is 9.69. The standard InChI is InChI=1S/C16H13N3O/c1-12(20)19-15-7-5-13(6-8-15)10-14(11-17)16-4-2-3-9-18-16/h2-10H,1H3,(H,19,20). The normalized spacial score (nSPS) is 10.7. The second-order valence-electron chi connectivity index (χ2n) is 4.19. The third kappa shape index (κ3) is 3.53. The molecular formula is C16H13N3O. The van der Waals surface area contributed by atoms with Crippen LogP contribution in [0.4, 0.5) is 5.69 Å². The van der Waals surface area contributed by atoms with E-state index in [1.807, 2.05) is 18.2 Å². The van der Waals surface area contributed by atoms with E-state index in [0.717, 1.165) is 11.3 Å². The van der Waals surface area contributed by atoms with Crippen LogP contribution >= 0.6 is 0 Å². The highest BCUT2D eigenvalue weighted by Gasteiger charge is 2.02. The maximum absolute atomic E-state index is 10.9. The molecule has 1 heterocycles. The third-order valence-corrected chi connectivity index (χ3v) is 2.60. The Morgan fingerprint density at radius 2 is 2.00 bits per heavy atom. The number of nitrogens with one attached hydrogen (secondary N) is 1. The largest absolute Gasteiger partial charge is 0.326 e. The third-order valence-electron chi connectivity index (χ3n) is 2.60. The number of nitrogens with zero attached hydrogens (tertiary/aromatic N) is 2. The average Bonchev–Trinajstić information content (AvgIpc) is 2.47. The molecule has 20 heavy (non-hydrogen) atoms. The van der Waals surface area contributed by atoms with Gasteiger partial charge in [-0.15, -0.1) is 0 Å². The number of benzene rings is 1. The number of carbonyl (C=O) groups is 1. The van der Waals surface area contributed by atoms with E-state index in [1.165, 1.54) is 6.92 Å². The molecule has 0 bridgehead atoms. The number of hydrogen-bond acceptors (Lipinski definition) is 3. The van der Waals surface area contributed by atoms with Gasteiger partial charge in [0.05, 0.1) is 11.3 Å². The Morgan fingerprint density at radius 1 is 1.25 bits per heavy atom. The average molecular weight is 263 g/mol. The van der Waals surface area contributed by atoms with Crippen molar-refractivity contribution in [3.8, 4) is 6.07 Å². The molecule has 1 aromatic carbocycles. The summed E-state index contributed by atoms with van der Waals surface area (Å²) >= 11 is 0. The van der Waals surface area contributed by atoms with E-state index in [4.69, 9.17) is 0 Å². The molecule has 0 atom stereocenters. The molecule has 0 aliphatic heterocycles. The molecular weight excluding hydrogens is 250 g/mol. The molecule has 0 unspecified atom stereocenters. The minimum atomic E-state index is -0.112. The molecule has 2 rings (SSSR count). The molecule has 0 aliphatic rings. The Balaban J connectivity index is 2.25. The maximum Gasteiger partial charge on any atom is 0.221 e. The topological polar surface area (TPSA) is 65.8 Å². The summed E-state index contributed by atoms with van der Waals surface area (Å²) in [4.78, 5) is 15.1. The van der Waals surface area contributed by atoms with E-state index >= 15 is 0 Å². The first-order valence-corrected chi connectivity index (χ1v) is 6.10. The lowest BCUT2D eigenvalue weighted by Crippen LogP contribution is -2.05. The van der Waals surface area contributed by atoms with Crippen molar-refractivity contribution in [3.63, 3.8) is 0 Å². The quantitative estimate of drug-likeness (QED) is 0.865. The van der Waals surface area contributed by atoms with Crippen molar-refractivity contribution in [2.75, 3.05) is 5.32 Å². The Labute approximate surface area is 117 Å². The van der Waals surface area contributed by atoms with Gasteiger partial charge in [-0.05, 0) is 35.9 Å². The number of allylic oxidation sites excluding steroid dienone is 1. The van der Waals surface area contributed by atoms with Crippen LogP contribution in [0.5, 0.6) is 0 Å². The van der Waals surface area contributed by atoms with Crippen LogP contribution in [-0.2, 0) is 4.79 Å². The fourth-order valence-electron chi connectivity index (χ4n) is 1.72. The van der Waals surface area contributed by atoms with Crippen molar-refractivity contribution in [2.45, 2.75) is 6.92 Å². The van der Waals surface area contributed by atoms with Gasteiger partial charge >= 0.3 is 0 Å². The van der Waals surface area contributed by atoms with Gasteiger partial charge in [0.15, 0.2) is 0 Å². The predicted octanol–water partition coefficient (Wildman–Crippen LogP) is 3.10. The Morgan fingerprint density at radius 3 is 2.55 bits per heavy atom. The predicted molar refractivity (Wildman–Crippen MR) is 78.5 cm³/mol. The van der Waals surface area contributed by atoms with Crippen LogP contribution in [0.25, 0.3) is 11.6 Å². The van der Waals surface area contributed by atoms with E-state index in [2.05, 4.69) is 16.4 Å². The molecule has 0 aliphatic carbocycles. The lowest BCUT2D eigenvalue weighted by atomic mass is 10.1. The summed E-state index contributed by atoms with van der Waals surface area (Å²) in [6.45, 7) is 1.46. The van der Waals surface area contributed by atoms with E-state index in [1.54, 1.807) is 36.5 Å². The van der Waals surface area contributed by atoms with Crippen molar-refractivity contribution in [2.24, 2.45) is 0 Å². The van der Waals surface area contributed by atoms with E-state index in [-0.39, 0.29) is 5.91 Å². The van der Waals surface area contributed by atoms with Crippen LogP contribution in [0.2, 0.25) is 0 Å². The van der Waals surface area contributed by atoms with Crippen molar-refractivity contribution in [1.29, 1.82) is 5.26 Å². The van der Waals surface area contributed by atoms with Crippen LogP contribution in [-0.4, -0.2) is 10.9 Å². The highest BCUT2D eigenvalue weighted by molar-refractivity contribution is 5.90. The van der Waals surface area contributed by atoms with Gasteiger partial charge in [-0.25, -0.2) is 0 Å². The van der Waals surface area contributed by atoms with E-state index in [9.17, 15) is 10.1 Å². The van der Waals surface area contributed by atoms with Crippen LogP contribution < -0.4 is 5.32 Å². The highest BCUT2D eigenvalue weighted by atomic mass is 16.1. The van der Waals surface area contributed by atoms with Crippen molar-refractivity contribution in [3.05, 3.63) is 59.9 Å². The van der Waals surface area contributed by atoms with Gasteiger partial charge < -0.3 is 5.32 Å². The molecule has 4 nitrogen and oxygen atoms in total. The number of aromatic nitrogens is 1. The van der Waals surface area contributed by atoms with Crippen LogP contribution in [0, 0.1) is 11.3 Å². The van der Waals surface area contributed by atoms with Crippen LogP contribution in [0.15, 0.2) is 48.7 Å². The van der Waals surface area contributed by atoms with Gasteiger partial charge in [0.25, 0.3) is 0 Å².